The molecule has 202 valence electrons. The van der Waals surface area contributed by atoms with E-state index in [1.807, 2.05) is 32.0 Å². The van der Waals surface area contributed by atoms with Crippen LogP contribution < -0.4 is 0 Å². The van der Waals surface area contributed by atoms with Crippen LogP contribution in [0.25, 0.3) is 16.8 Å². The molecule has 1 unspecified atom stereocenters. The highest BCUT2D eigenvalue weighted by Crippen LogP contribution is 2.31. The van der Waals surface area contributed by atoms with Gasteiger partial charge in [-0.2, -0.15) is 0 Å². The Bertz CT molecular complexity index is 1070. The van der Waals surface area contributed by atoms with E-state index < -0.39 is 5.67 Å². The Morgan fingerprint density at radius 1 is 0.946 bits per heavy atom. The molecule has 2 aromatic rings. The summed E-state index contributed by atoms with van der Waals surface area (Å²) in [4.78, 5) is 4.40. The summed E-state index contributed by atoms with van der Waals surface area (Å²) in [5.41, 5.74) is 2.22. The fourth-order valence-electron chi connectivity index (χ4n) is 5.88. The van der Waals surface area contributed by atoms with Crippen molar-refractivity contribution < 1.29 is 13.2 Å². The number of piperidine rings is 1. The van der Waals surface area contributed by atoms with E-state index in [1.54, 1.807) is 6.07 Å². The van der Waals surface area contributed by atoms with Gasteiger partial charge in [-0.25, -0.2) is 13.2 Å². The average Bonchev–Trinajstić information content (AvgIpc) is 3.34. The van der Waals surface area contributed by atoms with Crippen LogP contribution in [0.15, 0.2) is 43.0 Å². The minimum Gasteiger partial charge on any atom is -0.371 e. The van der Waals surface area contributed by atoms with Gasteiger partial charge >= 0.3 is 0 Å². The number of hydrogen-bond acceptors (Lipinski definition) is 2. The summed E-state index contributed by atoms with van der Waals surface area (Å²) < 4.78 is 44.7. The first-order chi connectivity index (χ1) is 17.7. The molecular weight excluding hydrogens is 469 g/mol. The maximum Gasteiger partial charge on any atom is 0.133 e. The van der Waals surface area contributed by atoms with E-state index in [-0.39, 0.29) is 11.6 Å². The molecule has 2 aromatic carbocycles. The molecule has 0 saturated carbocycles. The molecule has 2 saturated heterocycles. The van der Waals surface area contributed by atoms with Crippen LogP contribution in [-0.2, 0) is 6.42 Å². The van der Waals surface area contributed by atoms with E-state index in [0.717, 1.165) is 57.6 Å². The summed E-state index contributed by atoms with van der Waals surface area (Å²) in [5, 5.41) is 0. The van der Waals surface area contributed by atoms with Crippen molar-refractivity contribution in [2.24, 2.45) is 11.8 Å². The highest BCUT2D eigenvalue weighted by atomic mass is 19.1. The Morgan fingerprint density at radius 2 is 1.59 bits per heavy atom. The lowest BCUT2D eigenvalue weighted by Crippen LogP contribution is -2.43. The van der Waals surface area contributed by atoms with E-state index in [0.29, 0.717) is 59.9 Å². The number of rotatable bonds is 10. The molecule has 1 atom stereocenters. The maximum atomic E-state index is 15.0. The normalized spacial score (nSPS) is 19.5. The summed E-state index contributed by atoms with van der Waals surface area (Å²) in [6.45, 7) is 14.3. The Balaban J connectivity index is 1.32. The number of nitrogens with zero attached hydrogens (tertiary/aromatic N) is 2. The maximum absolute atomic E-state index is 15.0. The number of halogens is 3. The zero-order chi connectivity index (χ0) is 26.6. The summed E-state index contributed by atoms with van der Waals surface area (Å²) in [5.74, 6) is 0.585. The lowest BCUT2D eigenvalue weighted by Gasteiger charge is -2.36. The third kappa shape index (κ3) is 6.79. The van der Waals surface area contributed by atoms with Gasteiger partial charge in [0, 0.05) is 30.9 Å². The summed E-state index contributed by atoms with van der Waals surface area (Å²) >= 11 is 0. The van der Waals surface area contributed by atoms with Crippen molar-refractivity contribution in [3.05, 3.63) is 65.7 Å². The van der Waals surface area contributed by atoms with Gasteiger partial charge in [-0.15, -0.1) is 0 Å². The molecule has 0 N–H and O–H groups in total. The van der Waals surface area contributed by atoms with Gasteiger partial charge in [-0.3, -0.25) is 0 Å². The van der Waals surface area contributed by atoms with Crippen molar-refractivity contribution >= 4 is 5.70 Å². The zero-order valence-corrected chi connectivity index (χ0v) is 22.8. The van der Waals surface area contributed by atoms with Crippen LogP contribution >= 0.6 is 0 Å². The van der Waals surface area contributed by atoms with E-state index in [9.17, 15) is 8.78 Å². The van der Waals surface area contributed by atoms with E-state index in [1.165, 1.54) is 12.1 Å². The van der Waals surface area contributed by atoms with Crippen LogP contribution in [0.2, 0.25) is 0 Å². The van der Waals surface area contributed by atoms with Gasteiger partial charge in [0.05, 0.1) is 0 Å². The van der Waals surface area contributed by atoms with Crippen molar-refractivity contribution in [1.82, 2.24) is 9.80 Å². The smallest absolute Gasteiger partial charge is 0.133 e. The van der Waals surface area contributed by atoms with Crippen LogP contribution in [-0.4, -0.2) is 48.2 Å². The predicted molar refractivity (Wildman–Crippen MR) is 148 cm³/mol. The SMILES string of the molecule is C=C(c1ccc(-c2ccc(CCC3CCN(CC(F)(CC)CC)CC3)c(F)c2)cc1F)N1CCC(C)C1. The van der Waals surface area contributed by atoms with Crippen LogP contribution in [0.1, 0.15) is 70.4 Å². The number of aryl methyl sites for hydroxylation is 1. The molecule has 5 heteroatoms. The Hall–Kier alpha value is -2.27. The van der Waals surface area contributed by atoms with Crippen LogP contribution in [0, 0.1) is 23.5 Å². The predicted octanol–water partition coefficient (Wildman–Crippen LogP) is 8.12. The molecule has 0 aliphatic carbocycles. The van der Waals surface area contributed by atoms with Crippen LogP contribution in [0.4, 0.5) is 13.2 Å². The second kappa shape index (κ2) is 12.1. The second-order valence-electron chi connectivity index (χ2n) is 11.4. The first kappa shape index (κ1) is 27.8. The number of alkyl halides is 1. The first-order valence-corrected chi connectivity index (χ1v) is 14.1. The van der Waals surface area contributed by atoms with E-state index >= 15 is 4.39 Å². The van der Waals surface area contributed by atoms with Crippen molar-refractivity contribution in [3.63, 3.8) is 0 Å². The van der Waals surface area contributed by atoms with Crippen molar-refractivity contribution in [3.8, 4) is 11.1 Å². The topological polar surface area (TPSA) is 6.48 Å². The fraction of sp³-hybridized carbons (Fsp3) is 0.562. The van der Waals surface area contributed by atoms with Gasteiger partial charge in [-0.1, -0.05) is 45.5 Å². The third-order valence-electron chi connectivity index (χ3n) is 8.78. The number of likely N-dealkylation sites (tertiary alicyclic amines) is 2. The highest BCUT2D eigenvalue weighted by Gasteiger charge is 2.30. The molecule has 0 spiro atoms. The molecule has 2 fully saturated rings. The van der Waals surface area contributed by atoms with Crippen molar-refractivity contribution in [1.29, 1.82) is 0 Å². The second-order valence-corrected chi connectivity index (χ2v) is 11.4. The summed E-state index contributed by atoms with van der Waals surface area (Å²) in [6, 6.07) is 10.4. The Kier molecular flexibility index (Phi) is 9.05. The monoisotopic (exact) mass is 512 g/mol. The molecule has 0 aromatic heterocycles. The zero-order valence-electron chi connectivity index (χ0n) is 22.8. The van der Waals surface area contributed by atoms with Gasteiger partial charge in [0.15, 0.2) is 0 Å². The molecule has 2 aliphatic heterocycles. The Morgan fingerprint density at radius 3 is 2.16 bits per heavy atom. The minimum absolute atomic E-state index is 0.233. The molecule has 2 nitrogen and oxygen atoms in total. The van der Waals surface area contributed by atoms with Crippen molar-refractivity contribution in [2.75, 3.05) is 32.7 Å². The molecule has 0 amide bonds. The largest absolute Gasteiger partial charge is 0.371 e. The number of benzene rings is 2. The minimum atomic E-state index is -1.08. The molecule has 0 bridgehead atoms. The first-order valence-electron chi connectivity index (χ1n) is 14.1. The lowest BCUT2D eigenvalue weighted by atomic mass is 9.89. The van der Waals surface area contributed by atoms with Gasteiger partial charge in [0.2, 0.25) is 0 Å². The van der Waals surface area contributed by atoms with Crippen LogP contribution in [0.5, 0.6) is 0 Å². The highest BCUT2D eigenvalue weighted by molar-refractivity contribution is 5.69. The molecule has 0 radical (unpaired) electrons. The van der Waals surface area contributed by atoms with Crippen LogP contribution in [0.3, 0.4) is 0 Å². The van der Waals surface area contributed by atoms with Gasteiger partial charge in [0.25, 0.3) is 0 Å². The van der Waals surface area contributed by atoms with Gasteiger partial charge in [0.1, 0.15) is 17.3 Å². The lowest BCUT2D eigenvalue weighted by molar-refractivity contribution is 0.0628. The molecule has 4 rings (SSSR count). The summed E-state index contributed by atoms with van der Waals surface area (Å²) in [7, 11) is 0. The summed E-state index contributed by atoms with van der Waals surface area (Å²) in [6.07, 6.45) is 5.92. The van der Waals surface area contributed by atoms with Crippen molar-refractivity contribution in [2.45, 2.75) is 71.4 Å². The molecular formula is C32H43F3N2. The van der Waals surface area contributed by atoms with Gasteiger partial charge in [-0.05, 0) is 105 Å². The van der Waals surface area contributed by atoms with E-state index in [4.69, 9.17) is 0 Å². The third-order valence-corrected chi connectivity index (χ3v) is 8.78. The average molecular weight is 513 g/mol. The standard InChI is InChI=1S/C32H43F3N2/c1-5-32(35,6-2)22-36-16-14-25(15-17-36)7-8-26-9-10-27(19-30(26)33)28-11-12-29(31(34)20-28)24(4)37-18-13-23(3)21-37/h9-12,19-20,23,25H,4-8,13-18,21-22H2,1-3H3. The van der Waals surface area contributed by atoms with Gasteiger partial charge < -0.3 is 9.80 Å². The fourth-order valence-corrected chi connectivity index (χ4v) is 5.88. The number of hydrogen-bond donors (Lipinski definition) is 0. The molecule has 37 heavy (non-hydrogen) atoms. The van der Waals surface area contributed by atoms with E-state index in [2.05, 4.69) is 23.3 Å². The Labute approximate surface area is 221 Å². The molecule has 2 aliphatic rings. The quantitative estimate of drug-likeness (QED) is 0.317. The molecule has 2 heterocycles.